The molecule has 2 rings (SSSR count). The van der Waals surface area contributed by atoms with Crippen LogP contribution in [0, 0.1) is 0 Å². The summed E-state index contributed by atoms with van der Waals surface area (Å²) < 4.78 is 33.5. The predicted molar refractivity (Wildman–Crippen MR) is 256 cm³/mol. The lowest BCUT2D eigenvalue weighted by molar-refractivity contribution is -0.332. The number of allylic oxidation sites excluding steroid dienone is 10. The second kappa shape index (κ2) is 39.0. The molecule has 2 aliphatic heterocycles. The molecule has 0 spiro atoms. The fourth-order valence-corrected chi connectivity index (χ4v) is 7.55. The minimum Gasteiger partial charge on any atom is -0.462 e. The van der Waals surface area contributed by atoms with Crippen molar-refractivity contribution >= 4 is 11.9 Å². The standard InChI is InChI=1S/C52H88O15/c1-3-5-7-9-11-13-15-17-19-21-22-24-26-28-30-32-34-43(54)62-37-40(65-44(55)35-33-31-29-27-25-23-20-18-16-14-12-10-8-6-4-2)38-63-51-50(61)48(59)46(57)42(67-51)39-64-52-49(60)47(58)45(56)41(36-53)66-52/h6,8,12-15,18-21,40-42,45-53,56-61H,3-5,7,9-11,16-17,22-39H2,1-2H3/b8-6-,14-12-,15-13-,20-18-,21-19-. The summed E-state index contributed by atoms with van der Waals surface area (Å²) >= 11 is 0. The van der Waals surface area contributed by atoms with Crippen molar-refractivity contribution in [3.63, 3.8) is 0 Å². The van der Waals surface area contributed by atoms with Crippen molar-refractivity contribution in [2.24, 2.45) is 0 Å². The van der Waals surface area contributed by atoms with E-state index >= 15 is 0 Å². The zero-order valence-electron chi connectivity index (χ0n) is 40.6. The molecule has 15 heteroatoms. The smallest absolute Gasteiger partial charge is 0.306 e. The molecule has 2 aliphatic rings. The Hall–Kier alpha value is -2.80. The summed E-state index contributed by atoms with van der Waals surface area (Å²) in [6, 6.07) is 0. The van der Waals surface area contributed by atoms with Crippen LogP contribution in [0.2, 0.25) is 0 Å². The van der Waals surface area contributed by atoms with E-state index in [0.29, 0.717) is 12.8 Å². The monoisotopic (exact) mass is 953 g/mol. The number of rotatable bonds is 38. The highest BCUT2D eigenvalue weighted by Crippen LogP contribution is 2.26. The van der Waals surface area contributed by atoms with Gasteiger partial charge in [-0.05, 0) is 77.0 Å². The van der Waals surface area contributed by atoms with E-state index in [-0.39, 0.29) is 19.4 Å². The Kier molecular flexibility index (Phi) is 35.1. The van der Waals surface area contributed by atoms with Gasteiger partial charge in [-0.2, -0.15) is 0 Å². The Morgan fingerprint density at radius 2 is 0.940 bits per heavy atom. The van der Waals surface area contributed by atoms with Gasteiger partial charge in [0.2, 0.25) is 0 Å². The van der Waals surface area contributed by atoms with Crippen LogP contribution in [0.15, 0.2) is 60.8 Å². The van der Waals surface area contributed by atoms with Crippen molar-refractivity contribution in [2.75, 3.05) is 26.4 Å². The average molecular weight is 953 g/mol. The van der Waals surface area contributed by atoms with Crippen molar-refractivity contribution in [3.8, 4) is 0 Å². The van der Waals surface area contributed by atoms with Gasteiger partial charge in [-0.1, -0.05) is 132 Å². The molecule has 2 heterocycles. The van der Waals surface area contributed by atoms with Crippen LogP contribution in [0.1, 0.15) is 162 Å². The van der Waals surface area contributed by atoms with Crippen LogP contribution in [0.4, 0.5) is 0 Å². The van der Waals surface area contributed by atoms with E-state index in [1.165, 1.54) is 25.7 Å². The largest absolute Gasteiger partial charge is 0.462 e. The number of carbonyl (C=O) groups is 2. The molecular weight excluding hydrogens is 865 g/mol. The molecule has 2 saturated heterocycles. The lowest BCUT2D eigenvalue weighted by atomic mass is 9.98. The maximum absolute atomic E-state index is 13.0. The third kappa shape index (κ3) is 27.3. The first kappa shape index (κ1) is 60.3. The van der Waals surface area contributed by atoms with E-state index < -0.39 is 99.3 Å². The molecule has 0 aromatic heterocycles. The van der Waals surface area contributed by atoms with Crippen molar-refractivity contribution < 1.29 is 73.8 Å². The first-order valence-electron chi connectivity index (χ1n) is 25.4. The number of esters is 2. The van der Waals surface area contributed by atoms with Gasteiger partial charge in [-0.3, -0.25) is 9.59 Å². The third-order valence-corrected chi connectivity index (χ3v) is 11.7. The summed E-state index contributed by atoms with van der Waals surface area (Å²) in [4.78, 5) is 25.7. The fraction of sp³-hybridized carbons (Fsp3) is 0.769. The second-order valence-electron chi connectivity index (χ2n) is 17.6. The number of unbranched alkanes of at least 4 members (excludes halogenated alkanes) is 14. The lowest BCUT2D eigenvalue weighted by Crippen LogP contribution is -2.61. The number of carbonyl (C=O) groups excluding carboxylic acids is 2. The lowest BCUT2D eigenvalue weighted by Gasteiger charge is -2.42. The van der Waals surface area contributed by atoms with E-state index in [0.717, 1.165) is 96.3 Å². The van der Waals surface area contributed by atoms with Crippen LogP contribution in [0.3, 0.4) is 0 Å². The van der Waals surface area contributed by atoms with Gasteiger partial charge in [0.05, 0.1) is 19.8 Å². The molecule has 0 aromatic carbocycles. The van der Waals surface area contributed by atoms with Crippen LogP contribution >= 0.6 is 0 Å². The summed E-state index contributed by atoms with van der Waals surface area (Å²) in [5, 5.41) is 72.0. The van der Waals surface area contributed by atoms with E-state index in [1.807, 2.05) is 0 Å². The highest BCUT2D eigenvalue weighted by atomic mass is 16.7. The van der Waals surface area contributed by atoms with Crippen molar-refractivity contribution in [1.29, 1.82) is 0 Å². The molecule has 11 atom stereocenters. The third-order valence-electron chi connectivity index (χ3n) is 11.7. The molecule has 0 saturated carbocycles. The zero-order valence-corrected chi connectivity index (χ0v) is 40.6. The van der Waals surface area contributed by atoms with Gasteiger partial charge in [0.1, 0.15) is 55.4 Å². The van der Waals surface area contributed by atoms with E-state index in [2.05, 4.69) is 74.6 Å². The maximum atomic E-state index is 13.0. The molecule has 15 nitrogen and oxygen atoms in total. The Morgan fingerprint density at radius 3 is 1.48 bits per heavy atom. The zero-order chi connectivity index (χ0) is 48.9. The van der Waals surface area contributed by atoms with Gasteiger partial charge in [-0.15, -0.1) is 0 Å². The summed E-state index contributed by atoms with van der Waals surface area (Å²) in [6.07, 6.45) is 26.7. The average Bonchev–Trinajstić information content (AvgIpc) is 3.32. The first-order valence-corrected chi connectivity index (χ1v) is 25.4. The topological polar surface area (TPSA) is 231 Å². The van der Waals surface area contributed by atoms with Gasteiger partial charge in [0.25, 0.3) is 0 Å². The van der Waals surface area contributed by atoms with Crippen LogP contribution in [0.5, 0.6) is 0 Å². The number of aliphatic hydroxyl groups excluding tert-OH is 7. The Labute approximate surface area is 400 Å². The molecule has 0 bridgehead atoms. The maximum Gasteiger partial charge on any atom is 0.306 e. The molecule has 386 valence electrons. The number of aliphatic hydroxyl groups is 7. The molecular formula is C52H88O15. The predicted octanol–water partition coefficient (Wildman–Crippen LogP) is 6.88. The second-order valence-corrected chi connectivity index (χ2v) is 17.6. The molecule has 11 unspecified atom stereocenters. The van der Waals surface area contributed by atoms with E-state index in [9.17, 15) is 45.3 Å². The molecule has 2 fully saturated rings. The molecule has 0 radical (unpaired) electrons. The van der Waals surface area contributed by atoms with E-state index in [4.69, 9.17) is 28.4 Å². The van der Waals surface area contributed by atoms with E-state index in [1.54, 1.807) is 0 Å². The van der Waals surface area contributed by atoms with Crippen LogP contribution in [0.25, 0.3) is 0 Å². The van der Waals surface area contributed by atoms with Crippen LogP contribution < -0.4 is 0 Å². The molecule has 7 N–H and O–H groups in total. The van der Waals surface area contributed by atoms with Gasteiger partial charge < -0.3 is 64.2 Å². The Bertz CT molecular complexity index is 1400. The SMILES string of the molecule is CC/C=C\C/C=C\C/C=C\CCCCCCCC(=O)OC(COC(=O)CCCCCCC/C=C\C/C=C\CCCCCC)COC1OC(COC2OC(CO)C(O)C(O)C2O)C(O)C(O)C1O. The quantitative estimate of drug-likeness (QED) is 0.0190. The molecule has 0 aromatic rings. The number of ether oxygens (including phenoxy) is 6. The number of hydrogen-bond donors (Lipinski definition) is 7. The molecule has 0 aliphatic carbocycles. The van der Waals surface area contributed by atoms with Gasteiger partial charge in [0, 0.05) is 12.8 Å². The Balaban J connectivity index is 1.83. The van der Waals surface area contributed by atoms with Gasteiger partial charge in [0.15, 0.2) is 18.7 Å². The summed E-state index contributed by atoms with van der Waals surface area (Å²) in [5.74, 6) is -0.965. The minimum absolute atomic E-state index is 0.140. The Morgan fingerprint density at radius 1 is 0.493 bits per heavy atom. The summed E-state index contributed by atoms with van der Waals surface area (Å²) in [6.45, 7) is 2.41. The van der Waals surface area contributed by atoms with Crippen molar-refractivity contribution in [3.05, 3.63) is 60.8 Å². The summed E-state index contributed by atoms with van der Waals surface area (Å²) in [5.41, 5.74) is 0. The molecule has 0 amide bonds. The van der Waals surface area contributed by atoms with Gasteiger partial charge >= 0.3 is 11.9 Å². The van der Waals surface area contributed by atoms with Crippen molar-refractivity contribution in [1.82, 2.24) is 0 Å². The first-order chi connectivity index (χ1) is 32.5. The van der Waals surface area contributed by atoms with Crippen LogP contribution in [-0.4, -0.2) is 142 Å². The number of hydrogen-bond acceptors (Lipinski definition) is 15. The van der Waals surface area contributed by atoms with Crippen LogP contribution in [-0.2, 0) is 38.0 Å². The molecule has 67 heavy (non-hydrogen) atoms. The summed E-state index contributed by atoms with van der Waals surface area (Å²) in [7, 11) is 0. The highest BCUT2D eigenvalue weighted by molar-refractivity contribution is 5.70. The fourth-order valence-electron chi connectivity index (χ4n) is 7.55. The van der Waals surface area contributed by atoms with Gasteiger partial charge in [-0.25, -0.2) is 0 Å². The highest BCUT2D eigenvalue weighted by Gasteiger charge is 2.47. The normalized spacial score (nSPS) is 26.5. The van der Waals surface area contributed by atoms with Crippen molar-refractivity contribution in [2.45, 2.75) is 229 Å². The minimum atomic E-state index is -1.77.